The van der Waals surface area contributed by atoms with E-state index in [2.05, 4.69) is 27.1 Å². The molecule has 0 spiro atoms. The average molecular weight is 420 g/mol. The Bertz CT molecular complexity index is 963. The molecule has 0 saturated heterocycles. The van der Waals surface area contributed by atoms with Gasteiger partial charge in [0.1, 0.15) is 5.75 Å². The average Bonchev–Trinajstić information content (AvgIpc) is 3.19. The van der Waals surface area contributed by atoms with E-state index in [0.717, 1.165) is 18.8 Å². The van der Waals surface area contributed by atoms with Gasteiger partial charge in [0, 0.05) is 38.7 Å². The van der Waals surface area contributed by atoms with Crippen molar-refractivity contribution in [1.29, 1.82) is 0 Å². The Labute approximate surface area is 175 Å². The fourth-order valence-electron chi connectivity index (χ4n) is 3.13. The summed E-state index contributed by atoms with van der Waals surface area (Å²) in [6, 6.07) is 5.41. The Kier molecular flexibility index (Phi) is 7.00. The number of aromatic nitrogens is 3. The van der Waals surface area contributed by atoms with Crippen LogP contribution in [0.2, 0.25) is 5.02 Å². The summed E-state index contributed by atoms with van der Waals surface area (Å²) in [5.41, 5.74) is 0.694. The van der Waals surface area contributed by atoms with Gasteiger partial charge in [-0.25, -0.2) is 4.98 Å². The fourth-order valence-corrected chi connectivity index (χ4v) is 3.34. The van der Waals surface area contributed by atoms with Crippen LogP contribution in [0, 0.1) is 0 Å². The van der Waals surface area contributed by atoms with Crippen LogP contribution >= 0.6 is 11.6 Å². The molecule has 0 saturated carbocycles. The van der Waals surface area contributed by atoms with E-state index in [-0.39, 0.29) is 0 Å². The van der Waals surface area contributed by atoms with Crippen LogP contribution < -0.4 is 19.7 Å². The lowest BCUT2D eigenvalue weighted by Crippen LogP contribution is -2.30. The first-order valence-corrected chi connectivity index (χ1v) is 9.76. The Hall–Kier alpha value is -2.71. The number of ether oxygens (including phenoxy) is 3. The predicted molar refractivity (Wildman–Crippen MR) is 115 cm³/mol. The van der Waals surface area contributed by atoms with Crippen LogP contribution in [0.5, 0.6) is 11.5 Å². The van der Waals surface area contributed by atoms with Crippen LogP contribution in [0.1, 0.15) is 13.3 Å². The van der Waals surface area contributed by atoms with E-state index in [1.165, 1.54) is 0 Å². The van der Waals surface area contributed by atoms with Crippen LogP contribution in [0.3, 0.4) is 0 Å². The number of imidazole rings is 1. The zero-order valence-corrected chi connectivity index (χ0v) is 17.9. The van der Waals surface area contributed by atoms with E-state index in [4.69, 9.17) is 25.8 Å². The highest BCUT2D eigenvalue weighted by molar-refractivity contribution is 6.33. The molecule has 156 valence electrons. The van der Waals surface area contributed by atoms with Crippen LogP contribution in [0.15, 0.2) is 30.6 Å². The van der Waals surface area contributed by atoms with Crippen LogP contribution in [-0.4, -0.2) is 55.4 Å². The van der Waals surface area contributed by atoms with Crippen molar-refractivity contribution >= 4 is 34.7 Å². The maximum Gasteiger partial charge on any atom is 0.237 e. The van der Waals surface area contributed by atoms with Crippen molar-refractivity contribution in [2.75, 3.05) is 51.2 Å². The maximum absolute atomic E-state index is 6.41. The number of hydrogen-bond donors (Lipinski definition) is 1. The molecule has 0 aliphatic carbocycles. The monoisotopic (exact) mass is 419 g/mol. The van der Waals surface area contributed by atoms with Crippen molar-refractivity contribution in [3.8, 4) is 11.5 Å². The molecule has 9 heteroatoms. The Morgan fingerprint density at radius 3 is 2.66 bits per heavy atom. The lowest BCUT2D eigenvalue weighted by molar-refractivity contribution is 0.205. The molecule has 0 bridgehead atoms. The van der Waals surface area contributed by atoms with Gasteiger partial charge in [0.15, 0.2) is 11.6 Å². The van der Waals surface area contributed by atoms with E-state index in [1.54, 1.807) is 33.6 Å². The molecule has 3 rings (SSSR count). The molecule has 0 atom stereocenters. The van der Waals surface area contributed by atoms with Crippen molar-refractivity contribution in [2.24, 2.45) is 0 Å². The van der Waals surface area contributed by atoms with Crippen molar-refractivity contribution < 1.29 is 14.2 Å². The number of methoxy groups -OCH3 is 3. The van der Waals surface area contributed by atoms with Gasteiger partial charge in [-0.1, -0.05) is 18.5 Å². The SMILES string of the molecule is CCCN(CCOC)c1c(OC)c(Nc2ccc(OC)cc2Cl)nc2nccn12. The third-order valence-corrected chi connectivity index (χ3v) is 4.78. The number of nitrogens with zero attached hydrogens (tertiary/aromatic N) is 4. The first-order chi connectivity index (χ1) is 14.1. The van der Waals surface area contributed by atoms with E-state index in [9.17, 15) is 0 Å². The summed E-state index contributed by atoms with van der Waals surface area (Å²) < 4.78 is 18.2. The number of fused-ring (bicyclic) bond motifs is 1. The van der Waals surface area contributed by atoms with Crippen molar-refractivity contribution in [3.05, 3.63) is 35.6 Å². The number of nitrogens with one attached hydrogen (secondary N) is 1. The second-order valence-electron chi connectivity index (χ2n) is 6.37. The molecule has 1 aromatic carbocycles. The van der Waals surface area contributed by atoms with E-state index < -0.39 is 0 Å². The van der Waals surface area contributed by atoms with Gasteiger partial charge in [0.2, 0.25) is 11.5 Å². The van der Waals surface area contributed by atoms with Crippen molar-refractivity contribution in [1.82, 2.24) is 14.4 Å². The minimum atomic E-state index is 0.516. The van der Waals surface area contributed by atoms with Crippen LogP contribution in [-0.2, 0) is 4.74 Å². The van der Waals surface area contributed by atoms with Gasteiger partial charge in [-0.3, -0.25) is 4.40 Å². The Balaban J connectivity index is 2.10. The van der Waals surface area contributed by atoms with Gasteiger partial charge in [-0.2, -0.15) is 4.98 Å². The van der Waals surface area contributed by atoms with E-state index in [1.807, 2.05) is 22.7 Å². The molecule has 1 N–H and O–H groups in total. The highest BCUT2D eigenvalue weighted by Crippen LogP contribution is 2.38. The summed E-state index contributed by atoms with van der Waals surface area (Å²) in [5, 5.41) is 3.80. The highest BCUT2D eigenvalue weighted by Gasteiger charge is 2.22. The summed E-state index contributed by atoms with van der Waals surface area (Å²) in [7, 11) is 4.92. The van der Waals surface area contributed by atoms with Gasteiger partial charge < -0.3 is 24.4 Å². The van der Waals surface area contributed by atoms with Gasteiger partial charge >= 0.3 is 0 Å². The normalized spacial score (nSPS) is 10.9. The molecule has 0 aliphatic heterocycles. The molecule has 0 fully saturated rings. The van der Waals surface area contributed by atoms with Gasteiger partial charge in [-0.15, -0.1) is 0 Å². The number of benzene rings is 1. The molecular formula is C20H26ClN5O3. The smallest absolute Gasteiger partial charge is 0.237 e. The molecule has 0 amide bonds. The van der Waals surface area contributed by atoms with Crippen LogP contribution in [0.25, 0.3) is 5.78 Å². The first kappa shape index (κ1) is 21.0. The fraction of sp³-hybridized carbons (Fsp3) is 0.400. The van der Waals surface area contributed by atoms with Crippen molar-refractivity contribution in [2.45, 2.75) is 13.3 Å². The standard InChI is InChI=1S/C20H26ClN5O3/c1-5-9-25(11-12-27-2)19-17(29-4)18(24-20-22-8-10-26(19)20)23-16-7-6-14(28-3)13-15(16)21/h6-8,10,13H,5,9,11-12H2,1-4H3,(H,22,23,24). The zero-order chi connectivity index (χ0) is 20.8. The predicted octanol–water partition coefficient (Wildman–Crippen LogP) is 4.01. The van der Waals surface area contributed by atoms with Gasteiger partial charge in [-0.05, 0) is 18.6 Å². The van der Waals surface area contributed by atoms with Gasteiger partial charge in [0.05, 0.1) is 31.5 Å². The summed E-state index contributed by atoms with van der Waals surface area (Å²) >= 11 is 6.41. The second-order valence-corrected chi connectivity index (χ2v) is 6.77. The third-order valence-electron chi connectivity index (χ3n) is 4.47. The number of hydrogen-bond acceptors (Lipinski definition) is 7. The number of anilines is 3. The van der Waals surface area contributed by atoms with Gasteiger partial charge in [0.25, 0.3) is 0 Å². The zero-order valence-electron chi connectivity index (χ0n) is 17.1. The minimum absolute atomic E-state index is 0.516. The molecule has 2 aromatic heterocycles. The second kappa shape index (κ2) is 9.67. The summed E-state index contributed by atoms with van der Waals surface area (Å²) in [6.07, 6.45) is 4.56. The summed E-state index contributed by atoms with van der Waals surface area (Å²) in [6.45, 7) is 4.27. The lowest BCUT2D eigenvalue weighted by Gasteiger charge is -2.27. The Morgan fingerprint density at radius 2 is 2.00 bits per heavy atom. The van der Waals surface area contributed by atoms with Crippen molar-refractivity contribution in [3.63, 3.8) is 0 Å². The molecule has 29 heavy (non-hydrogen) atoms. The number of rotatable bonds is 10. The minimum Gasteiger partial charge on any atom is -0.497 e. The Morgan fingerprint density at radius 1 is 1.17 bits per heavy atom. The molecule has 0 unspecified atom stereocenters. The highest BCUT2D eigenvalue weighted by atomic mass is 35.5. The maximum atomic E-state index is 6.41. The van der Waals surface area contributed by atoms with E-state index in [0.29, 0.717) is 47.0 Å². The quantitative estimate of drug-likeness (QED) is 0.532. The largest absolute Gasteiger partial charge is 0.497 e. The molecule has 3 aromatic rings. The lowest BCUT2D eigenvalue weighted by atomic mass is 10.3. The van der Waals surface area contributed by atoms with Crippen LogP contribution in [0.4, 0.5) is 17.3 Å². The molecular weight excluding hydrogens is 394 g/mol. The molecule has 2 heterocycles. The summed E-state index contributed by atoms with van der Waals surface area (Å²) in [5.74, 6) is 3.24. The first-order valence-electron chi connectivity index (χ1n) is 9.38. The topological polar surface area (TPSA) is 73.2 Å². The molecule has 0 radical (unpaired) electrons. The van der Waals surface area contributed by atoms with E-state index >= 15 is 0 Å². The number of halogens is 1. The summed E-state index contributed by atoms with van der Waals surface area (Å²) in [4.78, 5) is 11.2. The third kappa shape index (κ3) is 4.49. The molecule has 8 nitrogen and oxygen atoms in total. The molecule has 0 aliphatic rings.